The standard InChI is InChI=1S/C29H35N3O5/c1-4-31(5-2)21-11-8-19(9-12-21)26-25(28(34)29(35)32(26)18-22-7-6-15-36-22)27(33)20-10-13-24-23(17-20)30(3)14-16-37-24/h8-13,17,22,26,33H,4-7,14-16,18H2,1-3H3/b27-25-. The van der Waals surface area contributed by atoms with Crippen molar-refractivity contribution in [2.75, 3.05) is 56.2 Å². The maximum Gasteiger partial charge on any atom is 0.295 e. The number of ketones is 1. The monoisotopic (exact) mass is 505 g/mol. The van der Waals surface area contributed by atoms with Crippen molar-refractivity contribution < 1.29 is 24.2 Å². The van der Waals surface area contributed by atoms with Gasteiger partial charge in [0.1, 0.15) is 18.1 Å². The molecule has 8 nitrogen and oxygen atoms in total. The minimum Gasteiger partial charge on any atom is -0.507 e. The van der Waals surface area contributed by atoms with Gasteiger partial charge in [0.2, 0.25) is 0 Å². The van der Waals surface area contributed by atoms with E-state index in [1.807, 2.05) is 37.4 Å². The number of carbonyl (C=O) groups is 2. The van der Waals surface area contributed by atoms with Gasteiger partial charge in [0, 0.05) is 44.5 Å². The lowest BCUT2D eigenvalue weighted by Crippen LogP contribution is -2.36. The fourth-order valence-electron chi connectivity index (χ4n) is 5.53. The number of Topliss-reactive ketones (excluding diaryl/α,β-unsaturated/α-hetero) is 1. The molecule has 0 bridgehead atoms. The Labute approximate surface area is 218 Å². The van der Waals surface area contributed by atoms with Gasteiger partial charge in [0.05, 0.1) is 30.0 Å². The highest BCUT2D eigenvalue weighted by atomic mass is 16.5. The zero-order valence-corrected chi connectivity index (χ0v) is 21.8. The molecule has 2 aromatic rings. The van der Waals surface area contributed by atoms with E-state index < -0.39 is 17.7 Å². The van der Waals surface area contributed by atoms with Crippen LogP contribution in [0.5, 0.6) is 5.75 Å². The summed E-state index contributed by atoms with van der Waals surface area (Å²) in [6, 6.07) is 12.6. The average Bonchev–Trinajstić information content (AvgIpc) is 3.52. The summed E-state index contributed by atoms with van der Waals surface area (Å²) < 4.78 is 11.5. The molecule has 3 aliphatic rings. The van der Waals surface area contributed by atoms with Crippen LogP contribution in [0.1, 0.15) is 43.9 Å². The number of aliphatic hydroxyl groups excluding tert-OH is 1. The number of anilines is 2. The maximum atomic E-state index is 13.4. The van der Waals surface area contributed by atoms with Gasteiger partial charge in [-0.2, -0.15) is 0 Å². The number of hydrogen-bond acceptors (Lipinski definition) is 7. The summed E-state index contributed by atoms with van der Waals surface area (Å²) in [5.74, 6) is -0.718. The third-order valence-corrected chi connectivity index (χ3v) is 7.63. The molecule has 2 atom stereocenters. The van der Waals surface area contributed by atoms with Crippen molar-refractivity contribution in [2.24, 2.45) is 0 Å². The predicted molar refractivity (Wildman–Crippen MR) is 143 cm³/mol. The Bertz CT molecular complexity index is 1200. The third kappa shape index (κ3) is 4.66. The van der Waals surface area contributed by atoms with E-state index in [-0.39, 0.29) is 17.4 Å². The van der Waals surface area contributed by atoms with Crippen LogP contribution in [0.3, 0.4) is 0 Å². The first kappa shape index (κ1) is 25.1. The van der Waals surface area contributed by atoms with Crippen molar-refractivity contribution in [3.63, 3.8) is 0 Å². The Morgan fingerprint density at radius 2 is 1.84 bits per heavy atom. The zero-order chi connectivity index (χ0) is 26.1. The van der Waals surface area contributed by atoms with Crippen LogP contribution in [0.15, 0.2) is 48.0 Å². The van der Waals surface area contributed by atoms with Gasteiger partial charge >= 0.3 is 0 Å². The van der Waals surface area contributed by atoms with Gasteiger partial charge in [0.25, 0.3) is 11.7 Å². The van der Waals surface area contributed by atoms with Crippen molar-refractivity contribution >= 4 is 28.8 Å². The molecule has 3 heterocycles. The molecule has 0 aliphatic carbocycles. The number of aliphatic hydroxyl groups is 1. The number of fused-ring (bicyclic) bond motifs is 1. The number of ether oxygens (including phenoxy) is 2. The van der Waals surface area contributed by atoms with Crippen LogP contribution in [0.4, 0.5) is 11.4 Å². The highest BCUT2D eigenvalue weighted by Crippen LogP contribution is 2.42. The summed E-state index contributed by atoms with van der Waals surface area (Å²) in [6.45, 7) is 8.25. The third-order valence-electron chi connectivity index (χ3n) is 7.63. The van der Waals surface area contributed by atoms with Crippen LogP contribution in [0.25, 0.3) is 5.76 Å². The van der Waals surface area contributed by atoms with E-state index in [2.05, 4.69) is 23.6 Å². The Hall–Kier alpha value is -3.52. The zero-order valence-electron chi connectivity index (χ0n) is 21.8. The van der Waals surface area contributed by atoms with E-state index in [0.717, 1.165) is 55.2 Å². The Morgan fingerprint density at radius 1 is 1.08 bits per heavy atom. The van der Waals surface area contributed by atoms with Crippen LogP contribution in [0.2, 0.25) is 0 Å². The van der Waals surface area contributed by atoms with Crippen LogP contribution in [-0.4, -0.2) is 74.2 Å². The highest BCUT2D eigenvalue weighted by Gasteiger charge is 2.47. The van der Waals surface area contributed by atoms with Crippen LogP contribution >= 0.6 is 0 Å². The van der Waals surface area contributed by atoms with Gasteiger partial charge in [-0.3, -0.25) is 9.59 Å². The van der Waals surface area contributed by atoms with Crippen LogP contribution < -0.4 is 14.5 Å². The van der Waals surface area contributed by atoms with Crippen LogP contribution in [-0.2, 0) is 14.3 Å². The molecule has 3 aliphatic heterocycles. The first-order chi connectivity index (χ1) is 17.9. The summed E-state index contributed by atoms with van der Waals surface area (Å²) in [5.41, 5.74) is 3.29. The average molecular weight is 506 g/mol. The molecular formula is C29H35N3O5. The molecule has 1 N–H and O–H groups in total. The molecule has 2 saturated heterocycles. The number of benzene rings is 2. The Kier molecular flexibility index (Phi) is 7.11. The summed E-state index contributed by atoms with van der Waals surface area (Å²) in [5, 5.41) is 11.5. The van der Waals surface area contributed by atoms with Gasteiger partial charge in [-0.05, 0) is 62.6 Å². The molecule has 2 unspecified atom stereocenters. The number of amides is 1. The fraction of sp³-hybridized carbons (Fsp3) is 0.448. The van der Waals surface area contributed by atoms with Crippen molar-refractivity contribution in [1.82, 2.24) is 4.90 Å². The quantitative estimate of drug-likeness (QED) is 0.347. The number of hydrogen-bond donors (Lipinski definition) is 1. The van der Waals surface area contributed by atoms with E-state index in [1.165, 1.54) is 0 Å². The summed E-state index contributed by atoms with van der Waals surface area (Å²) >= 11 is 0. The summed E-state index contributed by atoms with van der Waals surface area (Å²) in [7, 11) is 1.96. The Balaban J connectivity index is 1.58. The maximum absolute atomic E-state index is 13.4. The lowest BCUT2D eigenvalue weighted by atomic mass is 9.94. The smallest absolute Gasteiger partial charge is 0.295 e. The van der Waals surface area contributed by atoms with Gasteiger partial charge < -0.3 is 29.3 Å². The highest BCUT2D eigenvalue weighted by molar-refractivity contribution is 6.46. The lowest BCUT2D eigenvalue weighted by molar-refractivity contribution is -0.140. The fourth-order valence-corrected chi connectivity index (χ4v) is 5.53. The van der Waals surface area contributed by atoms with Crippen molar-refractivity contribution in [2.45, 2.75) is 38.8 Å². The summed E-state index contributed by atoms with van der Waals surface area (Å²) in [6.07, 6.45) is 1.65. The van der Waals surface area contributed by atoms with E-state index in [0.29, 0.717) is 25.3 Å². The molecule has 37 heavy (non-hydrogen) atoms. The second kappa shape index (κ2) is 10.5. The number of carbonyl (C=O) groups excluding carboxylic acids is 2. The second-order valence-corrected chi connectivity index (χ2v) is 9.80. The van der Waals surface area contributed by atoms with E-state index in [1.54, 1.807) is 17.0 Å². The molecule has 0 aromatic heterocycles. The molecule has 1 amide bonds. The predicted octanol–water partition coefficient (Wildman–Crippen LogP) is 3.96. The van der Waals surface area contributed by atoms with Crippen LogP contribution in [0, 0.1) is 0 Å². The molecule has 0 saturated carbocycles. The minimum absolute atomic E-state index is 0.109. The molecule has 0 radical (unpaired) electrons. The SMILES string of the molecule is CCN(CC)c1ccc(C2/C(=C(/O)c3ccc4c(c3)N(C)CCO4)C(=O)C(=O)N2CC2CCCO2)cc1. The molecule has 2 fully saturated rings. The van der Waals surface area contributed by atoms with Crippen molar-refractivity contribution in [3.8, 4) is 5.75 Å². The van der Waals surface area contributed by atoms with E-state index in [9.17, 15) is 14.7 Å². The van der Waals surface area contributed by atoms with E-state index in [4.69, 9.17) is 9.47 Å². The lowest BCUT2D eigenvalue weighted by Gasteiger charge is -2.29. The second-order valence-electron chi connectivity index (χ2n) is 9.80. The number of rotatable bonds is 7. The molecule has 5 rings (SSSR count). The molecule has 196 valence electrons. The molecule has 8 heteroatoms. The first-order valence-electron chi connectivity index (χ1n) is 13.2. The van der Waals surface area contributed by atoms with Crippen molar-refractivity contribution in [3.05, 3.63) is 59.2 Å². The largest absolute Gasteiger partial charge is 0.507 e. The molecule has 2 aromatic carbocycles. The first-order valence-corrected chi connectivity index (χ1v) is 13.2. The van der Waals surface area contributed by atoms with Gasteiger partial charge in [-0.25, -0.2) is 0 Å². The summed E-state index contributed by atoms with van der Waals surface area (Å²) in [4.78, 5) is 32.6. The topological polar surface area (TPSA) is 82.5 Å². The van der Waals surface area contributed by atoms with E-state index >= 15 is 0 Å². The normalized spacial score (nSPS) is 22.8. The molecular weight excluding hydrogens is 470 g/mol. The van der Waals surface area contributed by atoms with Gasteiger partial charge in [-0.15, -0.1) is 0 Å². The van der Waals surface area contributed by atoms with Crippen molar-refractivity contribution in [1.29, 1.82) is 0 Å². The number of likely N-dealkylation sites (tertiary alicyclic amines) is 1. The minimum atomic E-state index is -0.694. The number of likely N-dealkylation sites (N-methyl/N-ethyl adjacent to an activating group) is 1. The van der Waals surface area contributed by atoms with Gasteiger partial charge in [0.15, 0.2) is 0 Å². The molecule has 0 spiro atoms. The Morgan fingerprint density at radius 3 is 2.51 bits per heavy atom. The number of nitrogens with zero attached hydrogens (tertiary/aromatic N) is 3. The van der Waals surface area contributed by atoms with Gasteiger partial charge in [-0.1, -0.05) is 12.1 Å².